The summed E-state index contributed by atoms with van der Waals surface area (Å²) >= 11 is 0. The van der Waals surface area contributed by atoms with Crippen LogP contribution < -0.4 is 16.4 Å². The molecule has 0 bridgehead atoms. The van der Waals surface area contributed by atoms with Crippen molar-refractivity contribution in [2.24, 2.45) is 0 Å². The Morgan fingerprint density at radius 1 is 0.640 bits per heavy atom. The van der Waals surface area contributed by atoms with Gasteiger partial charge in [-0.15, -0.1) is 0 Å². The molecule has 0 saturated heterocycles. The van der Waals surface area contributed by atoms with E-state index < -0.39 is 0 Å². The van der Waals surface area contributed by atoms with Crippen LogP contribution >= 0.6 is 0 Å². The van der Waals surface area contributed by atoms with Gasteiger partial charge in [0, 0.05) is 11.4 Å². The van der Waals surface area contributed by atoms with Crippen LogP contribution in [0.2, 0.25) is 0 Å². The summed E-state index contributed by atoms with van der Waals surface area (Å²) in [6.07, 6.45) is 3.90. The number of nitrogens with zero attached hydrogens (tertiary/aromatic N) is 4. The van der Waals surface area contributed by atoms with Crippen molar-refractivity contribution in [2.45, 2.75) is 0 Å². The third kappa shape index (κ3) is 1.22. The number of rotatable bonds is 0. The van der Waals surface area contributed by atoms with Crippen molar-refractivity contribution in [1.29, 1.82) is 0 Å². The van der Waals surface area contributed by atoms with Gasteiger partial charge in [-0.3, -0.25) is 9.13 Å². The Labute approximate surface area is 143 Å². The number of hydrogen-bond donors (Lipinski definition) is 0. The monoisotopic (exact) mass is 318 g/mol. The first-order valence-electron chi connectivity index (χ1n) is 8.47. The number of para-hydroxylation sites is 2. The van der Waals surface area contributed by atoms with Crippen LogP contribution in [0.4, 0.5) is 0 Å². The average molecular weight is 318 g/mol. The lowest BCUT2D eigenvalue weighted by molar-refractivity contribution is 1.06. The predicted molar refractivity (Wildman–Crippen MR) is 100 cm³/mol. The average Bonchev–Trinajstić information content (AvgIpc) is 3.28. The van der Waals surface area contributed by atoms with E-state index in [0.29, 0.717) is 0 Å². The maximum atomic E-state index is 4.64. The first-order valence-corrected chi connectivity index (χ1v) is 8.47. The molecule has 0 aliphatic carbocycles. The van der Waals surface area contributed by atoms with E-state index in [2.05, 4.69) is 73.7 Å². The fraction of sp³-hybridized carbons (Fsp3) is 0. The third-order valence-electron chi connectivity index (χ3n) is 5.69. The van der Waals surface area contributed by atoms with Gasteiger partial charge in [0.05, 0.1) is 22.1 Å². The minimum atomic E-state index is 0.229. The highest BCUT2D eigenvalue weighted by Crippen LogP contribution is 2.28. The van der Waals surface area contributed by atoms with Crippen molar-refractivity contribution in [2.75, 3.05) is 0 Å². The zero-order chi connectivity index (χ0) is 16.1. The standard InChI is InChI=1S/C20H11BN4/c1-4-12-19-14(6-1)22-10-24(19)16-8-3-9-17-18(16)21(12)13-5-2-7-15-20(13)25(17)11-23-15/h1-11H. The number of imidazole rings is 2. The van der Waals surface area contributed by atoms with Gasteiger partial charge in [-0.05, 0) is 40.7 Å². The van der Waals surface area contributed by atoms with Gasteiger partial charge >= 0.3 is 0 Å². The van der Waals surface area contributed by atoms with Gasteiger partial charge < -0.3 is 0 Å². The number of aromatic nitrogens is 4. The van der Waals surface area contributed by atoms with Crippen LogP contribution in [0.1, 0.15) is 0 Å². The van der Waals surface area contributed by atoms with E-state index in [1.54, 1.807) is 0 Å². The van der Waals surface area contributed by atoms with Crippen molar-refractivity contribution in [3.8, 4) is 11.4 Å². The van der Waals surface area contributed by atoms with Crippen LogP contribution in [0, 0.1) is 0 Å². The highest BCUT2D eigenvalue weighted by molar-refractivity contribution is 7.00. The minimum Gasteiger partial charge on any atom is -0.300 e. The van der Waals surface area contributed by atoms with Gasteiger partial charge in [0.15, 0.2) is 0 Å². The molecular formula is C20H11BN4. The molecule has 7 rings (SSSR count). The van der Waals surface area contributed by atoms with Crippen LogP contribution in [0.15, 0.2) is 67.3 Å². The molecule has 4 nitrogen and oxygen atoms in total. The van der Waals surface area contributed by atoms with Gasteiger partial charge in [0.2, 0.25) is 0 Å². The predicted octanol–water partition coefficient (Wildman–Crippen LogP) is 1.51. The lowest BCUT2D eigenvalue weighted by atomic mass is 9.34. The fourth-order valence-electron chi connectivity index (χ4n) is 4.75. The van der Waals surface area contributed by atoms with E-state index >= 15 is 0 Å². The third-order valence-corrected chi connectivity index (χ3v) is 5.69. The highest BCUT2D eigenvalue weighted by atomic mass is 15.1. The molecular weight excluding hydrogens is 307 g/mol. The largest absolute Gasteiger partial charge is 0.300 e. The van der Waals surface area contributed by atoms with E-state index in [9.17, 15) is 0 Å². The lowest BCUT2D eigenvalue weighted by Gasteiger charge is -2.32. The van der Waals surface area contributed by atoms with Gasteiger partial charge in [-0.25, -0.2) is 9.97 Å². The summed E-state index contributed by atoms with van der Waals surface area (Å²) in [5.74, 6) is 0. The summed E-state index contributed by atoms with van der Waals surface area (Å²) in [5.41, 5.74) is 11.0. The Hall–Kier alpha value is -3.34. The molecule has 0 saturated carbocycles. The summed E-state index contributed by atoms with van der Waals surface area (Å²) in [6, 6.07) is 19.4. The molecule has 0 spiro atoms. The fourth-order valence-corrected chi connectivity index (χ4v) is 4.75. The van der Waals surface area contributed by atoms with E-state index in [1.807, 2.05) is 12.7 Å². The molecule has 2 aromatic heterocycles. The molecule has 0 radical (unpaired) electrons. The van der Waals surface area contributed by atoms with Crippen LogP contribution in [0.5, 0.6) is 0 Å². The van der Waals surface area contributed by atoms with Crippen LogP contribution in [-0.4, -0.2) is 25.8 Å². The smallest absolute Gasteiger partial charge is 0.252 e. The number of hydrogen-bond acceptors (Lipinski definition) is 2. The molecule has 5 aromatic rings. The molecule has 3 aromatic carbocycles. The molecule has 0 unspecified atom stereocenters. The highest BCUT2D eigenvalue weighted by Gasteiger charge is 2.38. The van der Waals surface area contributed by atoms with Crippen LogP contribution in [0.25, 0.3) is 33.4 Å². The summed E-state index contributed by atoms with van der Waals surface area (Å²) in [7, 11) is 0. The Morgan fingerprint density at radius 3 is 1.72 bits per heavy atom. The molecule has 0 atom stereocenters. The molecule has 5 heteroatoms. The van der Waals surface area contributed by atoms with Crippen molar-refractivity contribution in [3.63, 3.8) is 0 Å². The Morgan fingerprint density at radius 2 is 1.16 bits per heavy atom. The quantitative estimate of drug-likeness (QED) is 0.397. The molecule has 0 amide bonds. The van der Waals surface area contributed by atoms with E-state index in [1.165, 1.54) is 38.8 Å². The van der Waals surface area contributed by atoms with E-state index in [4.69, 9.17) is 0 Å². The van der Waals surface area contributed by atoms with Gasteiger partial charge in [-0.1, -0.05) is 30.3 Å². The van der Waals surface area contributed by atoms with Crippen LogP contribution in [0.3, 0.4) is 0 Å². The van der Waals surface area contributed by atoms with Gasteiger partial charge in [-0.2, -0.15) is 0 Å². The molecule has 0 N–H and O–H groups in total. The molecule has 114 valence electrons. The maximum absolute atomic E-state index is 4.64. The molecule has 0 fully saturated rings. The second-order valence-electron chi connectivity index (χ2n) is 6.80. The summed E-state index contributed by atoms with van der Waals surface area (Å²) in [6.45, 7) is 0.229. The Kier molecular flexibility index (Phi) is 1.85. The summed E-state index contributed by atoms with van der Waals surface area (Å²) in [4.78, 5) is 9.28. The Bertz CT molecular complexity index is 1260. The van der Waals surface area contributed by atoms with E-state index in [-0.39, 0.29) is 6.71 Å². The van der Waals surface area contributed by atoms with Gasteiger partial charge in [0.25, 0.3) is 6.71 Å². The van der Waals surface area contributed by atoms with Crippen LogP contribution in [-0.2, 0) is 0 Å². The first kappa shape index (κ1) is 12.1. The van der Waals surface area contributed by atoms with E-state index in [0.717, 1.165) is 11.0 Å². The number of benzene rings is 3. The maximum Gasteiger partial charge on any atom is 0.252 e. The van der Waals surface area contributed by atoms with Crippen molar-refractivity contribution in [1.82, 2.24) is 19.1 Å². The minimum absolute atomic E-state index is 0.229. The Balaban J connectivity index is 1.79. The van der Waals surface area contributed by atoms with Crippen molar-refractivity contribution in [3.05, 3.63) is 67.3 Å². The first-order chi connectivity index (χ1) is 12.4. The van der Waals surface area contributed by atoms with Gasteiger partial charge in [0.1, 0.15) is 12.7 Å². The SMILES string of the molecule is c1cc2c3c(c1)-n1cnc4cccc(c41)B3c1cccc3ncn-2c13. The van der Waals surface area contributed by atoms with Crippen molar-refractivity contribution < 1.29 is 0 Å². The topological polar surface area (TPSA) is 35.6 Å². The molecule has 25 heavy (non-hydrogen) atoms. The number of fused-ring (bicyclic) bond motifs is 4. The molecule has 2 aliphatic heterocycles. The molecule has 2 aliphatic rings. The zero-order valence-electron chi connectivity index (χ0n) is 13.2. The summed E-state index contributed by atoms with van der Waals surface area (Å²) < 4.78 is 4.48. The normalized spacial score (nSPS) is 13.5. The molecule has 4 heterocycles. The lowest BCUT2D eigenvalue weighted by Crippen LogP contribution is -2.59. The second kappa shape index (κ2) is 3.83. The second-order valence-corrected chi connectivity index (χ2v) is 6.80. The van der Waals surface area contributed by atoms with Crippen molar-refractivity contribution >= 4 is 45.2 Å². The zero-order valence-corrected chi connectivity index (χ0v) is 13.2. The summed E-state index contributed by atoms with van der Waals surface area (Å²) in [5, 5.41) is 0.